The van der Waals surface area contributed by atoms with E-state index < -0.39 is 41.6 Å². The summed E-state index contributed by atoms with van der Waals surface area (Å²) in [4.78, 5) is 145. The predicted octanol–water partition coefficient (Wildman–Crippen LogP) is 16.7. The van der Waals surface area contributed by atoms with Gasteiger partial charge in [0.2, 0.25) is 11.8 Å². The smallest absolute Gasteiger partial charge is 0.315 e. The van der Waals surface area contributed by atoms with E-state index in [9.17, 15) is 57.5 Å². The second-order valence-electron chi connectivity index (χ2n) is 36.6. The fourth-order valence-corrected chi connectivity index (χ4v) is 19.8. The average molecular weight is 2020 g/mol. The first-order chi connectivity index (χ1) is 69.2. The summed E-state index contributed by atoms with van der Waals surface area (Å²) in [5.41, 5.74) is 16.5. The zero-order chi connectivity index (χ0) is 106. The highest BCUT2D eigenvalue weighted by Gasteiger charge is 2.55. The number of amides is 12. The van der Waals surface area contributed by atoms with Gasteiger partial charge in [0.25, 0.3) is 47.3 Å². The van der Waals surface area contributed by atoms with Gasteiger partial charge in [-0.1, -0.05) is 142 Å². The first-order valence-electron chi connectivity index (χ1n) is 46.7. The van der Waals surface area contributed by atoms with Gasteiger partial charge in [-0.05, 0) is 235 Å². The molecule has 4 aliphatic rings. The molecule has 145 heavy (non-hydrogen) atoms. The fraction of sp³-hybridized carbons (Fsp3) is 0.315. The van der Waals surface area contributed by atoms with Crippen molar-refractivity contribution in [1.82, 2.24) is 69.2 Å². The van der Waals surface area contributed by atoms with Crippen LogP contribution < -0.4 is 83.6 Å². The molecule has 4 aliphatic carbocycles. The third-order valence-electron chi connectivity index (χ3n) is 25.3. The standard InChI is InChI=1S/C21H28N2O4.C19H18N2O4S.C19H18N2O3S.C18H20N2O3.C16H19N3O4.C15H22N2O4/c1-12(17-4-3-16(19(24)23-26)8-18(17)27-2)22-20(25)21-9-13-5-14(10-21)7-15(6-13)11-21;1-11(14-8-7-13(18(22)21-24)9-15(14)25-2)20-19(23)17-10-12-5-3-4-6-16(12)26-17;1-11-9-14(18(22)21-24)7-8-15(11)12(2)20-19(23)17-10-13-5-3-4-6-16(13)25-17;1-13(15-7-9-16(10-8-15)17(22)12-21)20-18(23)19-11-14-5-3-2-4-6-14;1-10(17-16(21)13-5-4-8-19(13)2)12-7-6-11(15(20)18-22)9-14(12)23-3;1-9(16-14(19)15(2,3)4)11-7-6-10(13(18)17-20)8-12(11)21-5/h3-4,8,12-15,26H,5-7,9-11H2,1-2H3,(H,22,25)(H,23,24);3-11,24H,1-2H3,(H,20,23)(H,21,22);3-10,12,24H,1-2H3,(H,20,23)(H,21,22);2-10,13,21H,11-12H2,1H3,(H2,19,20,23);4-10,22H,1-3H3,(H,17,21)(H,18,20);6-9,20H,1-5H3,(H,16,19)(H,17,18)/t;;;13-;;/m...1../s1. The number of aryl methyl sites for hydroxylation is 2. The normalized spacial score (nSPS) is 15.6. The molecule has 0 spiro atoms. The zero-order valence-electron chi connectivity index (χ0n) is 83.2. The minimum Gasteiger partial charge on any atom is -0.496 e. The van der Waals surface area contributed by atoms with Gasteiger partial charge in [0.15, 0.2) is 5.78 Å². The second-order valence-corrected chi connectivity index (χ2v) is 38.7. The van der Waals surface area contributed by atoms with Crippen molar-refractivity contribution in [3.63, 3.8) is 0 Å². The van der Waals surface area contributed by atoms with Crippen molar-refractivity contribution in [2.75, 3.05) is 35.0 Å². The van der Waals surface area contributed by atoms with Crippen LogP contribution in [-0.2, 0) is 23.2 Å². The molecule has 0 saturated heterocycles. The Morgan fingerprint density at radius 2 is 0.745 bits per heavy atom. The first kappa shape index (κ1) is 112. The molecule has 0 radical (unpaired) electrons. The summed E-state index contributed by atoms with van der Waals surface area (Å²) in [5, 5.41) is 75.1. The van der Waals surface area contributed by atoms with Crippen LogP contribution >= 0.6 is 22.7 Å². The van der Waals surface area contributed by atoms with E-state index >= 15 is 0 Å². The Bertz CT molecular complexity index is 6500. The van der Waals surface area contributed by atoms with Gasteiger partial charge in [-0.3, -0.25) is 78.8 Å². The highest BCUT2D eigenvalue weighted by Crippen LogP contribution is 2.60. The molecule has 9 aromatic carbocycles. The van der Waals surface area contributed by atoms with Crippen molar-refractivity contribution >= 4 is 114 Å². The van der Waals surface area contributed by atoms with Crippen molar-refractivity contribution in [2.45, 2.75) is 151 Å². The van der Waals surface area contributed by atoms with E-state index in [4.69, 9.17) is 50.1 Å². The number of benzene rings is 9. The molecule has 12 amide bonds. The minimum atomic E-state index is -0.629. The maximum atomic E-state index is 13.3. The average Bonchev–Trinajstić information content (AvgIpc) is 1.43. The van der Waals surface area contributed by atoms with Crippen LogP contribution in [0.25, 0.3) is 20.2 Å². The quantitative estimate of drug-likeness (QED) is 0.0118. The number of nitrogens with one attached hydrogen (secondary N) is 12. The van der Waals surface area contributed by atoms with E-state index in [-0.39, 0.29) is 99.7 Å². The maximum absolute atomic E-state index is 13.3. The number of carbonyl (C=O) groups excluding carboxylic acids is 12. The van der Waals surface area contributed by atoms with Crippen molar-refractivity contribution in [2.24, 2.45) is 35.6 Å². The van der Waals surface area contributed by atoms with E-state index in [0.29, 0.717) is 61.7 Å². The molecule has 18 N–H and O–H groups in total. The molecule has 766 valence electrons. The lowest BCUT2D eigenvalue weighted by molar-refractivity contribution is -0.147. The summed E-state index contributed by atoms with van der Waals surface area (Å²) < 4.78 is 25.1. The third-order valence-corrected chi connectivity index (χ3v) is 27.5. The number of ketones is 1. The minimum absolute atomic E-state index is 0.0748. The van der Waals surface area contributed by atoms with Crippen molar-refractivity contribution in [1.29, 1.82) is 0 Å². The Hall–Kier alpha value is -15.2. The van der Waals surface area contributed by atoms with Crippen LogP contribution in [0.1, 0.15) is 274 Å². The summed E-state index contributed by atoms with van der Waals surface area (Å²) in [6, 6.07) is 62.1. The monoisotopic (exact) mass is 2020 g/mol. The molecule has 0 aliphatic heterocycles. The molecule has 12 aromatic rings. The fourth-order valence-electron chi connectivity index (χ4n) is 17.9. The number of rotatable bonds is 29. The number of urea groups is 1. The summed E-state index contributed by atoms with van der Waals surface area (Å²) in [7, 11) is 7.78. The summed E-state index contributed by atoms with van der Waals surface area (Å²) in [6.07, 6.45) is 8.82. The first-order valence-corrected chi connectivity index (χ1v) is 48.4. The number of carbonyl (C=O) groups is 12. The lowest BCUT2D eigenvalue weighted by Crippen LogP contribution is -2.53. The molecular formula is C108H125N13O22S2. The van der Waals surface area contributed by atoms with Crippen LogP contribution in [0.3, 0.4) is 0 Å². The number of aliphatic hydroxyl groups is 1. The van der Waals surface area contributed by atoms with E-state index in [0.717, 1.165) is 102 Å². The molecule has 3 heterocycles. The lowest BCUT2D eigenvalue weighted by atomic mass is 9.49. The van der Waals surface area contributed by atoms with Gasteiger partial charge in [0, 0.05) is 95.7 Å². The number of ether oxygens (including phenoxy) is 4. The number of nitrogens with zero attached hydrogens (tertiary/aromatic N) is 1. The molecule has 16 rings (SSSR count). The SMILES string of the molecule is COc1cc(C(=O)NO)ccc1C(C)NC(=O)C(C)(C)C.COc1cc(C(=O)NO)ccc1C(C)NC(=O)C12CC3CC(CC(C3)C1)C2.COc1cc(C(=O)NO)ccc1C(C)NC(=O)c1cc2ccccc2s1.COc1cc(C(=O)NO)ccc1C(C)NC(=O)c1cccn1C.C[C@@H](NC(=O)NCc1ccccc1)c1ccc(C(=O)CO)cc1.Cc1cc(C(=O)NO)ccc1C(C)NC(=O)c1cc2ccccc2s1. The van der Waals surface area contributed by atoms with Crippen molar-refractivity contribution < 1.29 is 108 Å². The van der Waals surface area contributed by atoms with E-state index in [2.05, 4.69) is 37.2 Å². The Morgan fingerprint density at radius 3 is 1.10 bits per heavy atom. The largest absolute Gasteiger partial charge is 0.496 e. The predicted molar refractivity (Wildman–Crippen MR) is 547 cm³/mol. The van der Waals surface area contributed by atoms with Crippen molar-refractivity contribution in [3.05, 3.63) is 318 Å². The molecule has 4 fully saturated rings. The van der Waals surface area contributed by atoms with Crippen LogP contribution in [0, 0.1) is 35.5 Å². The van der Waals surface area contributed by atoms with Gasteiger partial charge in [-0.25, -0.2) is 32.2 Å². The molecule has 5 unspecified atom stereocenters. The zero-order valence-corrected chi connectivity index (χ0v) is 84.8. The number of Topliss-reactive ketones (excluding diaryl/α,β-unsaturated/α-hetero) is 1. The Labute approximate surface area is 847 Å². The van der Waals surface area contributed by atoms with Gasteiger partial charge in [0.05, 0.1) is 74.4 Å². The van der Waals surface area contributed by atoms with Crippen LogP contribution in [0.4, 0.5) is 4.79 Å². The number of fused-ring (bicyclic) bond motifs is 2. The molecule has 4 bridgehead atoms. The van der Waals surface area contributed by atoms with Crippen LogP contribution in [0.5, 0.6) is 23.0 Å². The highest BCUT2D eigenvalue weighted by molar-refractivity contribution is 7.21. The van der Waals surface area contributed by atoms with Gasteiger partial charge >= 0.3 is 6.03 Å². The molecule has 3 aromatic heterocycles. The van der Waals surface area contributed by atoms with E-state index in [1.54, 1.807) is 154 Å². The molecule has 35 nitrogen and oxygen atoms in total. The van der Waals surface area contributed by atoms with Crippen LogP contribution in [-0.4, -0.2) is 142 Å². The number of hydrogen-bond acceptors (Lipinski definition) is 24. The number of thiophene rings is 2. The Kier molecular flexibility index (Phi) is 40.2. The summed E-state index contributed by atoms with van der Waals surface area (Å²) >= 11 is 2.90. The number of aromatic nitrogens is 1. The lowest BCUT2D eigenvalue weighted by Gasteiger charge is -2.55. The number of aliphatic hydroxyl groups excluding tert-OH is 1. The molecule has 37 heteroatoms. The van der Waals surface area contributed by atoms with E-state index in [1.807, 2.05) is 160 Å². The highest BCUT2D eigenvalue weighted by atomic mass is 32.1. The molecule has 6 atom stereocenters. The van der Waals surface area contributed by atoms with Gasteiger partial charge in [0.1, 0.15) is 35.3 Å². The van der Waals surface area contributed by atoms with Crippen molar-refractivity contribution in [3.8, 4) is 23.0 Å². The Morgan fingerprint density at radius 1 is 0.393 bits per heavy atom. The number of hydroxylamine groups is 5. The number of hydrogen-bond donors (Lipinski definition) is 18. The molecular weight excluding hydrogens is 1900 g/mol. The van der Waals surface area contributed by atoms with E-state index in [1.165, 1.54) is 88.6 Å². The van der Waals surface area contributed by atoms with Gasteiger partial charge in [-0.15, -0.1) is 22.7 Å². The summed E-state index contributed by atoms with van der Waals surface area (Å²) in [6.45, 7) is 18.5. The third kappa shape index (κ3) is 29.7. The van der Waals surface area contributed by atoms with Gasteiger partial charge in [-0.2, -0.15) is 0 Å². The van der Waals surface area contributed by atoms with Gasteiger partial charge < -0.3 is 65.8 Å². The maximum Gasteiger partial charge on any atom is 0.315 e. The van der Waals surface area contributed by atoms with Crippen LogP contribution in [0.15, 0.2) is 225 Å². The second kappa shape index (κ2) is 52.2. The van der Waals surface area contributed by atoms with Crippen LogP contribution in [0.2, 0.25) is 0 Å². The summed E-state index contributed by atoms with van der Waals surface area (Å²) in [5.74, 6) is 0.329. The topological polar surface area (TPSA) is 512 Å². The Balaban J connectivity index is 0.000000179. The number of methoxy groups -OCH3 is 4. The molecule has 4 saturated carbocycles.